The van der Waals surface area contributed by atoms with Gasteiger partial charge in [0, 0.05) is 53.4 Å². The summed E-state index contributed by atoms with van der Waals surface area (Å²) in [6.45, 7) is 5.94. The number of aromatic amines is 2. The van der Waals surface area contributed by atoms with E-state index < -0.39 is 35.9 Å². The summed E-state index contributed by atoms with van der Waals surface area (Å²) in [7, 11) is 0. The van der Waals surface area contributed by atoms with E-state index in [1.807, 2.05) is 49.9 Å². The number of aryl methyl sites for hydroxylation is 1. The molecule has 4 amide bonds. The van der Waals surface area contributed by atoms with E-state index in [1.165, 1.54) is 12.5 Å². The van der Waals surface area contributed by atoms with Crippen molar-refractivity contribution in [1.82, 2.24) is 35.8 Å². The molecule has 1 saturated carbocycles. The van der Waals surface area contributed by atoms with Crippen molar-refractivity contribution in [3.05, 3.63) is 53.7 Å². The number of H-pyrrole nitrogens is 2. The molecule has 5 rings (SSSR count). The Morgan fingerprint density at radius 2 is 1.67 bits per heavy atom. The SMILES string of the molecule is Cc1[nH]c2ccccc2c1C[C@@H](NC(=O)C(NC(=O)N1[C@H](C)CCC[C@@H]1C)C1CC1)C(=O)NC(Cc1cnc[nH]1)C(=O)O. The highest BCUT2D eigenvalue weighted by molar-refractivity contribution is 5.94. The highest BCUT2D eigenvalue weighted by atomic mass is 16.4. The molecule has 0 radical (unpaired) electrons. The van der Waals surface area contributed by atoms with Crippen LogP contribution >= 0.6 is 0 Å². The van der Waals surface area contributed by atoms with Gasteiger partial charge in [0.2, 0.25) is 11.8 Å². The second kappa shape index (κ2) is 12.9. The van der Waals surface area contributed by atoms with Crippen molar-refractivity contribution in [2.45, 2.75) is 95.9 Å². The van der Waals surface area contributed by atoms with Crippen molar-refractivity contribution in [2.75, 3.05) is 0 Å². The molecule has 2 unspecified atom stereocenters. The fraction of sp³-hybridized carbons (Fsp3) is 0.516. The number of carbonyl (C=O) groups is 4. The third-order valence-electron chi connectivity index (χ3n) is 8.74. The van der Waals surface area contributed by atoms with Crippen LogP contribution < -0.4 is 16.0 Å². The van der Waals surface area contributed by atoms with Crippen molar-refractivity contribution >= 4 is 34.7 Å². The molecule has 1 aliphatic carbocycles. The number of nitrogens with one attached hydrogen (secondary N) is 5. The zero-order valence-electron chi connectivity index (χ0n) is 24.9. The van der Waals surface area contributed by atoms with Gasteiger partial charge in [-0.3, -0.25) is 9.59 Å². The minimum absolute atomic E-state index is 0.000806. The summed E-state index contributed by atoms with van der Waals surface area (Å²) in [6.07, 6.45) is 7.55. The number of aliphatic carboxylic acids is 1. The van der Waals surface area contributed by atoms with Crippen molar-refractivity contribution in [3.8, 4) is 0 Å². The number of piperidine rings is 1. The quantitative estimate of drug-likeness (QED) is 0.200. The van der Waals surface area contributed by atoms with Crippen LogP contribution in [0.2, 0.25) is 0 Å². The van der Waals surface area contributed by atoms with E-state index >= 15 is 0 Å². The Balaban J connectivity index is 1.37. The monoisotopic (exact) mass is 591 g/mol. The largest absolute Gasteiger partial charge is 0.480 e. The van der Waals surface area contributed by atoms with Gasteiger partial charge in [-0.15, -0.1) is 0 Å². The molecule has 3 heterocycles. The standard InChI is InChI=1S/C31H41N7O5/c1-17-7-6-8-18(2)38(17)31(43)37-27(20-11-12-20)29(40)35-25(14-23-19(3)34-24-10-5-4-9-22(23)24)28(39)36-26(30(41)42)13-21-15-32-16-33-21/h4-5,9-10,15-18,20,25-27,34H,6-8,11-14H2,1-3H3,(H,32,33)(H,35,40)(H,36,39)(H,37,43)(H,41,42)/t17-,18+,25-,26?,27?/m1/s1. The lowest BCUT2D eigenvalue weighted by Gasteiger charge is -2.39. The number of benzene rings is 1. The Hall–Kier alpha value is -4.35. The number of para-hydroxylation sites is 1. The fourth-order valence-electron chi connectivity index (χ4n) is 6.22. The molecule has 230 valence electrons. The van der Waals surface area contributed by atoms with Crippen LogP contribution in [0.3, 0.4) is 0 Å². The number of amides is 4. The first-order valence-corrected chi connectivity index (χ1v) is 15.1. The van der Waals surface area contributed by atoms with Crippen LogP contribution in [0.25, 0.3) is 10.9 Å². The van der Waals surface area contributed by atoms with E-state index in [2.05, 4.69) is 30.9 Å². The number of hydrogen-bond acceptors (Lipinski definition) is 5. The average Bonchev–Trinajstić information content (AvgIpc) is 3.58. The third-order valence-corrected chi connectivity index (χ3v) is 8.74. The summed E-state index contributed by atoms with van der Waals surface area (Å²) >= 11 is 0. The van der Waals surface area contributed by atoms with Crippen LogP contribution in [0, 0.1) is 12.8 Å². The second-order valence-corrected chi connectivity index (χ2v) is 12.0. The van der Waals surface area contributed by atoms with E-state index in [0.717, 1.165) is 54.3 Å². The maximum absolute atomic E-state index is 13.8. The summed E-state index contributed by atoms with van der Waals surface area (Å²) in [5, 5.41) is 19.3. The van der Waals surface area contributed by atoms with Gasteiger partial charge in [0.25, 0.3) is 0 Å². The minimum Gasteiger partial charge on any atom is -0.480 e. The Morgan fingerprint density at radius 1 is 0.977 bits per heavy atom. The first-order valence-electron chi connectivity index (χ1n) is 15.1. The van der Waals surface area contributed by atoms with E-state index in [4.69, 9.17) is 0 Å². The van der Waals surface area contributed by atoms with Gasteiger partial charge >= 0.3 is 12.0 Å². The molecule has 1 aliphatic heterocycles. The van der Waals surface area contributed by atoms with Crippen LogP contribution in [0.15, 0.2) is 36.8 Å². The van der Waals surface area contributed by atoms with Gasteiger partial charge in [-0.25, -0.2) is 14.6 Å². The molecular formula is C31H41N7O5. The van der Waals surface area contributed by atoms with Crippen LogP contribution in [0.1, 0.15) is 62.9 Å². The summed E-state index contributed by atoms with van der Waals surface area (Å²) in [6, 6.07) is 4.43. The van der Waals surface area contributed by atoms with Crippen molar-refractivity contribution in [2.24, 2.45) is 5.92 Å². The predicted molar refractivity (Wildman–Crippen MR) is 160 cm³/mol. The van der Waals surface area contributed by atoms with E-state index in [-0.39, 0.29) is 36.9 Å². The number of likely N-dealkylation sites (tertiary alicyclic amines) is 1. The Kier molecular flexibility index (Phi) is 9.02. The van der Waals surface area contributed by atoms with Gasteiger partial charge in [0.15, 0.2) is 0 Å². The molecular weight excluding hydrogens is 550 g/mol. The van der Waals surface area contributed by atoms with Gasteiger partial charge in [-0.05, 0) is 70.4 Å². The Labute approximate surface area is 250 Å². The van der Waals surface area contributed by atoms with E-state index in [0.29, 0.717) is 5.69 Å². The van der Waals surface area contributed by atoms with Crippen LogP contribution in [0.4, 0.5) is 4.79 Å². The molecule has 0 bridgehead atoms. The molecule has 1 saturated heterocycles. The highest BCUT2D eigenvalue weighted by Crippen LogP contribution is 2.33. The van der Waals surface area contributed by atoms with Gasteiger partial charge in [-0.1, -0.05) is 18.2 Å². The normalized spacial score (nSPS) is 20.7. The highest BCUT2D eigenvalue weighted by Gasteiger charge is 2.41. The van der Waals surface area contributed by atoms with Crippen molar-refractivity contribution in [3.63, 3.8) is 0 Å². The molecule has 2 aliphatic rings. The number of fused-ring (bicyclic) bond motifs is 1. The van der Waals surface area contributed by atoms with Crippen LogP contribution in [0.5, 0.6) is 0 Å². The third kappa shape index (κ3) is 7.00. The van der Waals surface area contributed by atoms with E-state index in [9.17, 15) is 24.3 Å². The number of nitrogens with zero attached hydrogens (tertiary/aromatic N) is 2. The summed E-state index contributed by atoms with van der Waals surface area (Å²) in [5.41, 5.74) is 3.15. The number of carboxylic acid groups (broad SMARTS) is 1. The number of carbonyl (C=O) groups excluding carboxylic acids is 3. The lowest BCUT2D eigenvalue weighted by Crippen LogP contribution is -2.60. The molecule has 1 aromatic carbocycles. The molecule has 5 atom stereocenters. The second-order valence-electron chi connectivity index (χ2n) is 12.0. The number of urea groups is 1. The zero-order chi connectivity index (χ0) is 30.7. The molecule has 2 fully saturated rings. The zero-order valence-corrected chi connectivity index (χ0v) is 24.9. The number of rotatable bonds is 11. The molecule has 6 N–H and O–H groups in total. The fourth-order valence-corrected chi connectivity index (χ4v) is 6.22. The predicted octanol–water partition coefficient (Wildman–Crippen LogP) is 2.79. The topological polar surface area (TPSA) is 172 Å². The average molecular weight is 592 g/mol. The smallest absolute Gasteiger partial charge is 0.326 e. The Bertz CT molecular complexity index is 1450. The number of hydrogen-bond donors (Lipinski definition) is 6. The number of carboxylic acids is 1. The molecule has 0 spiro atoms. The van der Waals surface area contributed by atoms with Crippen molar-refractivity contribution < 1.29 is 24.3 Å². The summed E-state index contributed by atoms with van der Waals surface area (Å²) in [4.78, 5) is 65.0. The van der Waals surface area contributed by atoms with Gasteiger partial charge < -0.3 is 35.9 Å². The molecule has 12 nitrogen and oxygen atoms in total. The van der Waals surface area contributed by atoms with Crippen LogP contribution in [-0.2, 0) is 27.2 Å². The van der Waals surface area contributed by atoms with E-state index in [1.54, 1.807) is 0 Å². The lowest BCUT2D eigenvalue weighted by atomic mass is 9.98. The van der Waals surface area contributed by atoms with Gasteiger partial charge in [0.1, 0.15) is 18.1 Å². The van der Waals surface area contributed by atoms with Gasteiger partial charge in [-0.2, -0.15) is 0 Å². The summed E-state index contributed by atoms with van der Waals surface area (Å²) in [5.74, 6) is -2.30. The Morgan fingerprint density at radius 3 is 2.33 bits per heavy atom. The molecule has 3 aromatic rings. The molecule has 43 heavy (non-hydrogen) atoms. The van der Waals surface area contributed by atoms with Crippen molar-refractivity contribution in [1.29, 1.82) is 0 Å². The number of aromatic nitrogens is 3. The minimum atomic E-state index is -1.24. The maximum Gasteiger partial charge on any atom is 0.326 e. The lowest BCUT2D eigenvalue weighted by molar-refractivity contribution is -0.142. The van der Waals surface area contributed by atoms with Crippen LogP contribution in [-0.4, -0.2) is 79.0 Å². The number of imidazole rings is 1. The van der Waals surface area contributed by atoms with Gasteiger partial charge in [0.05, 0.1) is 6.33 Å². The first-order chi connectivity index (χ1) is 20.6. The summed E-state index contributed by atoms with van der Waals surface area (Å²) < 4.78 is 0. The molecule has 2 aromatic heterocycles. The molecule has 12 heteroatoms. The first kappa shape index (κ1) is 30.1. The maximum atomic E-state index is 13.8.